The lowest BCUT2D eigenvalue weighted by molar-refractivity contribution is 0.620. The minimum Gasteiger partial charge on any atom is -0.369 e. The minimum absolute atomic E-state index is 0.129. The number of anilines is 1. The van der Waals surface area contributed by atoms with Gasteiger partial charge in [0, 0.05) is 4.47 Å². The molecule has 106 valence electrons. The summed E-state index contributed by atoms with van der Waals surface area (Å²) in [6.45, 7) is 1.94. The Labute approximate surface area is 130 Å². The van der Waals surface area contributed by atoms with E-state index in [1.807, 2.05) is 43.3 Å². The van der Waals surface area contributed by atoms with Crippen LogP contribution in [0.5, 0.6) is 0 Å². The van der Waals surface area contributed by atoms with Gasteiger partial charge in [-0.3, -0.25) is 9.36 Å². The van der Waals surface area contributed by atoms with Gasteiger partial charge >= 0.3 is 0 Å². The molecule has 3 aromatic rings. The molecule has 21 heavy (non-hydrogen) atoms. The molecule has 0 unspecified atom stereocenters. The van der Waals surface area contributed by atoms with Gasteiger partial charge in [0.25, 0.3) is 5.56 Å². The highest BCUT2D eigenvalue weighted by atomic mass is 79.9. The number of halogens is 1. The molecular weight excluding hydrogens is 330 g/mol. The van der Waals surface area contributed by atoms with Gasteiger partial charge in [-0.15, -0.1) is 0 Å². The lowest BCUT2D eigenvalue weighted by atomic mass is 10.1. The summed E-state index contributed by atoms with van der Waals surface area (Å²) in [7, 11) is 0. The van der Waals surface area contributed by atoms with Crippen LogP contribution in [-0.4, -0.2) is 9.55 Å². The highest BCUT2D eigenvalue weighted by molar-refractivity contribution is 9.10. The topological polar surface area (TPSA) is 60.9 Å². The summed E-state index contributed by atoms with van der Waals surface area (Å²) >= 11 is 3.38. The van der Waals surface area contributed by atoms with Crippen LogP contribution in [0.1, 0.15) is 18.5 Å². The first-order valence-corrected chi connectivity index (χ1v) is 7.39. The average molecular weight is 344 g/mol. The molecule has 0 bridgehead atoms. The van der Waals surface area contributed by atoms with E-state index in [0.29, 0.717) is 10.9 Å². The SMILES string of the molecule is C[C@H](c1ccccc1)n1c(N)nc2ccc(Br)cc2c1=O. The Hall–Kier alpha value is -2.14. The maximum Gasteiger partial charge on any atom is 0.263 e. The Morgan fingerprint density at radius 1 is 1.19 bits per heavy atom. The highest BCUT2D eigenvalue weighted by Gasteiger charge is 2.15. The van der Waals surface area contributed by atoms with Gasteiger partial charge in [0.2, 0.25) is 5.95 Å². The normalized spacial score (nSPS) is 12.5. The molecule has 0 amide bonds. The van der Waals surface area contributed by atoms with Gasteiger partial charge in [-0.1, -0.05) is 46.3 Å². The van der Waals surface area contributed by atoms with E-state index in [1.165, 1.54) is 4.57 Å². The molecule has 0 saturated heterocycles. The lowest BCUT2D eigenvalue weighted by Crippen LogP contribution is -2.27. The molecule has 0 aliphatic carbocycles. The van der Waals surface area contributed by atoms with E-state index in [9.17, 15) is 4.79 Å². The van der Waals surface area contributed by atoms with Crippen molar-refractivity contribution in [2.24, 2.45) is 0 Å². The fourth-order valence-electron chi connectivity index (χ4n) is 2.44. The smallest absolute Gasteiger partial charge is 0.263 e. The van der Waals surface area contributed by atoms with Gasteiger partial charge < -0.3 is 5.73 Å². The average Bonchev–Trinajstić information content (AvgIpc) is 2.49. The second-order valence-corrected chi connectivity index (χ2v) is 5.81. The Bertz CT molecular complexity index is 859. The van der Waals surface area contributed by atoms with Crippen LogP contribution in [0, 0.1) is 0 Å². The number of hydrogen-bond donors (Lipinski definition) is 1. The second-order valence-electron chi connectivity index (χ2n) is 4.89. The summed E-state index contributed by atoms with van der Waals surface area (Å²) in [5.41, 5.74) is 7.50. The van der Waals surface area contributed by atoms with Gasteiger partial charge in [0.05, 0.1) is 16.9 Å². The van der Waals surface area contributed by atoms with Crippen LogP contribution >= 0.6 is 15.9 Å². The van der Waals surface area contributed by atoms with Crippen LogP contribution in [0.2, 0.25) is 0 Å². The van der Waals surface area contributed by atoms with Crippen molar-refractivity contribution in [1.29, 1.82) is 0 Å². The summed E-state index contributed by atoms with van der Waals surface area (Å²) < 4.78 is 2.38. The lowest BCUT2D eigenvalue weighted by Gasteiger charge is -2.18. The van der Waals surface area contributed by atoms with Crippen molar-refractivity contribution in [3.63, 3.8) is 0 Å². The molecule has 0 aliphatic rings. The van der Waals surface area contributed by atoms with E-state index in [2.05, 4.69) is 20.9 Å². The molecule has 1 heterocycles. The fraction of sp³-hybridized carbons (Fsp3) is 0.125. The molecule has 2 N–H and O–H groups in total. The fourth-order valence-corrected chi connectivity index (χ4v) is 2.80. The molecule has 0 radical (unpaired) electrons. The molecule has 0 fully saturated rings. The third kappa shape index (κ3) is 2.45. The number of nitrogen functional groups attached to an aromatic ring is 1. The highest BCUT2D eigenvalue weighted by Crippen LogP contribution is 2.21. The number of nitrogens with zero attached hydrogens (tertiary/aromatic N) is 2. The van der Waals surface area contributed by atoms with Gasteiger partial charge in [-0.05, 0) is 30.7 Å². The number of benzene rings is 2. The number of hydrogen-bond acceptors (Lipinski definition) is 3. The number of nitrogens with two attached hydrogens (primary N) is 1. The quantitative estimate of drug-likeness (QED) is 0.776. The standard InChI is InChI=1S/C16H14BrN3O/c1-10(11-5-3-2-4-6-11)20-15(21)13-9-12(17)7-8-14(13)19-16(20)18/h2-10H,1H3,(H2,18,19)/t10-/m1/s1. The third-order valence-corrected chi connectivity index (χ3v) is 4.05. The molecule has 1 aromatic heterocycles. The number of fused-ring (bicyclic) bond motifs is 1. The summed E-state index contributed by atoms with van der Waals surface area (Å²) in [4.78, 5) is 17.1. The zero-order valence-corrected chi connectivity index (χ0v) is 13.0. The summed E-state index contributed by atoms with van der Waals surface area (Å²) in [5.74, 6) is 0.228. The van der Waals surface area contributed by atoms with E-state index >= 15 is 0 Å². The number of rotatable bonds is 2. The Morgan fingerprint density at radius 2 is 1.90 bits per heavy atom. The Morgan fingerprint density at radius 3 is 2.62 bits per heavy atom. The molecule has 4 nitrogen and oxygen atoms in total. The van der Waals surface area contributed by atoms with Crippen LogP contribution < -0.4 is 11.3 Å². The molecular formula is C16H14BrN3O. The second kappa shape index (κ2) is 5.33. The predicted molar refractivity (Wildman–Crippen MR) is 88.4 cm³/mol. The zero-order valence-electron chi connectivity index (χ0n) is 11.5. The van der Waals surface area contributed by atoms with Crippen molar-refractivity contribution in [2.75, 3.05) is 5.73 Å². The van der Waals surface area contributed by atoms with Crippen molar-refractivity contribution >= 4 is 32.8 Å². The zero-order chi connectivity index (χ0) is 15.0. The predicted octanol–water partition coefficient (Wildman–Crippen LogP) is 3.35. The van der Waals surface area contributed by atoms with Crippen LogP contribution in [0.25, 0.3) is 10.9 Å². The van der Waals surface area contributed by atoms with Crippen molar-refractivity contribution in [1.82, 2.24) is 9.55 Å². The van der Waals surface area contributed by atoms with E-state index < -0.39 is 0 Å². The first-order chi connectivity index (χ1) is 10.1. The molecule has 0 aliphatic heterocycles. The van der Waals surface area contributed by atoms with E-state index in [1.54, 1.807) is 12.1 Å². The van der Waals surface area contributed by atoms with Crippen molar-refractivity contribution < 1.29 is 0 Å². The molecule has 2 aromatic carbocycles. The largest absolute Gasteiger partial charge is 0.369 e. The maximum atomic E-state index is 12.7. The summed E-state index contributed by atoms with van der Waals surface area (Å²) in [5, 5.41) is 0.557. The van der Waals surface area contributed by atoms with Crippen molar-refractivity contribution in [2.45, 2.75) is 13.0 Å². The summed E-state index contributed by atoms with van der Waals surface area (Å²) in [6, 6.07) is 15.0. The van der Waals surface area contributed by atoms with E-state index in [0.717, 1.165) is 10.0 Å². The molecule has 5 heteroatoms. The van der Waals surface area contributed by atoms with E-state index in [-0.39, 0.29) is 17.5 Å². The van der Waals surface area contributed by atoms with Crippen LogP contribution in [0.3, 0.4) is 0 Å². The third-order valence-electron chi connectivity index (χ3n) is 3.56. The summed E-state index contributed by atoms with van der Waals surface area (Å²) in [6.07, 6.45) is 0. The molecule has 0 saturated carbocycles. The minimum atomic E-state index is -0.172. The van der Waals surface area contributed by atoms with Crippen LogP contribution in [0.4, 0.5) is 5.95 Å². The van der Waals surface area contributed by atoms with Gasteiger partial charge in [-0.2, -0.15) is 0 Å². The Kier molecular flexibility index (Phi) is 3.51. The number of aromatic nitrogens is 2. The first-order valence-electron chi connectivity index (χ1n) is 6.60. The Balaban J connectivity index is 2.25. The molecule has 3 rings (SSSR count). The molecule has 1 atom stereocenters. The maximum absolute atomic E-state index is 12.7. The van der Waals surface area contributed by atoms with Gasteiger partial charge in [-0.25, -0.2) is 4.98 Å². The van der Waals surface area contributed by atoms with Gasteiger partial charge in [0.15, 0.2) is 0 Å². The monoisotopic (exact) mass is 343 g/mol. The first kappa shape index (κ1) is 13.8. The van der Waals surface area contributed by atoms with Gasteiger partial charge in [0.1, 0.15) is 0 Å². The van der Waals surface area contributed by atoms with E-state index in [4.69, 9.17) is 5.73 Å². The van der Waals surface area contributed by atoms with Crippen LogP contribution in [-0.2, 0) is 0 Å². The van der Waals surface area contributed by atoms with Crippen molar-refractivity contribution in [3.05, 3.63) is 68.9 Å². The van der Waals surface area contributed by atoms with Crippen LogP contribution in [0.15, 0.2) is 57.8 Å². The van der Waals surface area contributed by atoms with Crippen molar-refractivity contribution in [3.8, 4) is 0 Å². The molecule has 0 spiro atoms.